The molecule has 1 saturated heterocycles. The maximum atomic E-state index is 13.7. The van der Waals surface area contributed by atoms with E-state index in [4.69, 9.17) is 14.2 Å². The molecule has 2 aliphatic rings. The zero-order valence-corrected chi connectivity index (χ0v) is 16.9. The summed E-state index contributed by atoms with van der Waals surface area (Å²) in [6.45, 7) is -0.350. The molecule has 3 rings (SSSR count). The Bertz CT molecular complexity index is 731. The van der Waals surface area contributed by atoms with E-state index in [2.05, 4.69) is 4.99 Å². The van der Waals surface area contributed by atoms with Crippen LogP contribution in [0.1, 0.15) is 5.56 Å². The van der Waals surface area contributed by atoms with Gasteiger partial charge < -0.3 is 29.3 Å². The maximum absolute atomic E-state index is 13.7. The lowest BCUT2D eigenvalue weighted by Gasteiger charge is -2.41. The van der Waals surface area contributed by atoms with Gasteiger partial charge in [0.2, 0.25) is 0 Å². The fourth-order valence-corrected chi connectivity index (χ4v) is 4.27. The number of aliphatic hydroxyl groups is 2. The van der Waals surface area contributed by atoms with Crippen LogP contribution in [0.25, 0.3) is 0 Å². The summed E-state index contributed by atoms with van der Waals surface area (Å²) in [5.41, 5.74) is -0.345. The molecule has 162 valence electrons. The molecule has 0 aromatic heterocycles. The number of alkyl halides is 3. The van der Waals surface area contributed by atoms with Crippen LogP contribution in [-0.2, 0) is 16.1 Å². The Morgan fingerprint density at radius 1 is 1.21 bits per heavy atom. The highest BCUT2D eigenvalue weighted by molar-refractivity contribution is 8.14. The van der Waals surface area contributed by atoms with Gasteiger partial charge in [0.05, 0.1) is 13.7 Å². The van der Waals surface area contributed by atoms with Crippen LogP contribution in [0.4, 0.5) is 13.2 Å². The number of fused-ring (bicyclic) bond motifs is 1. The van der Waals surface area contributed by atoms with Crippen molar-refractivity contribution in [3.8, 4) is 5.75 Å². The van der Waals surface area contributed by atoms with Crippen LogP contribution in [0.5, 0.6) is 5.75 Å². The molecule has 11 heteroatoms. The number of methoxy groups -OCH3 is 1. The summed E-state index contributed by atoms with van der Waals surface area (Å²) in [5.74, 6) is 0.566. The molecule has 1 aromatic carbocycles. The minimum atomic E-state index is -4.81. The molecule has 2 N–H and O–H groups in total. The van der Waals surface area contributed by atoms with Crippen molar-refractivity contribution >= 4 is 16.9 Å². The van der Waals surface area contributed by atoms with E-state index in [1.165, 1.54) is 7.11 Å². The van der Waals surface area contributed by atoms with Gasteiger partial charge in [0.15, 0.2) is 11.3 Å². The summed E-state index contributed by atoms with van der Waals surface area (Å²) < 4.78 is 56.8. The second kappa shape index (κ2) is 8.68. The van der Waals surface area contributed by atoms with Crippen LogP contribution >= 0.6 is 11.8 Å². The predicted octanol–water partition coefficient (Wildman–Crippen LogP) is 1.62. The molecular formula is C18H23F3N2O5S. The zero-order chi connectivity index (χ0) is 21.3. The number of rotatable bonds is 5. The lowest BCUT2D eigenvalue weighted by Crippen LogP contribution is -2.61. The van der Waals surface area contributed by atoms with Crippen molar-refractivity contribution in [2.75, 3.05) is 21.2 Å². The van der Waals surface area contributed by atoms with E-state index in [0.29, 0.717) is 16.5 Å². The minimum absolute atomic E-state index is 0.350. The van der Waals surface area contributed by atoms with E-state index in [1.807, 2.05) is 0 Å². The number of halogens is 3. The first-order chi connectivity index (χ1) is 13.6. The highest BCUT2D eigenvalue weighted by Crippen LogP contribution is 2.41. The number of nitrogens with zero attached hydrogens (tertiary/aromatic N) is 2. The van der Waals surface area contributed by atoms with Gasteiger partial charge in [-0.15, -0.1) is 0 Å². The number of aliphatic hydroxyl groups excluding tert-OH is 2. The molecule has 0 bridgehead atoms. The molecule has 0 spiro atoms. The first kappa shape index (κ1) is 22.2. The Morgan fingerprint density at radius 2 is 1.86 bits per heavy atom. The lowest BCUT2D eigenvalue weighted by atomic mass is 9.94. The number of amidine groups is 1. The molecule has 0 radical (unpaired) electrons. The smallest absolute Gasteiger partial charge is 0.417 e. The van der Waals surface area contributed by atoms with E-state index in [0.717, 1.165) is 11.8 Å². The lowest BCUT2D eigenvalue weighted by molar-refractivity contribution is -0.286. The van der Waals surface area contributed by atoms with Crippen LogP contribution in [0, 0.1) is 0 Å². The van der Waals surface area contributed by atoms with Crippen molar-refractivity contribution < 1.29 is 37.6 Å². The van der Waals surface area contributed by atoms with E-state index in [9.17, 15) is 23.4 Å². The third kappa shape index (κ3) is 4.80. The predicted molar refractivity (Wildman–Crippen MR) is 101 cm³/mol. The number of hydrogen-bond acceptors (Lipinski definition) is 8. The van der Waals surface area contributed by atoms with Gasteiger partial charge in [0.25, 0.3) is 0 Å². The van der Waals surface area contributed by atoms with Crippen LogP contribution in [-0.4, -0.2) is 83.6 Å². The van der Waals surface area contributed by atoms with Gasteiger partial charge in [-0.2, -0.15) is 13.2 Å². The second-order valence-corrected chi connectivity index (χ2v) is 8.05. The number of aliphatic imine (C=N–C) groups is 1. The van der Waals surface area contributed by atoms with Gasteiger partial charge in [-0.3, -0.25) is 4.99 Å². The molecule has 6 atom stereocenters. The number of ether oxygens (including phenoxy) is 3. The van der Waals surface area contributed by atoms with Gasteiger partial charge in [-0.25, -0.2) is 0 Å². The largest absolute Gasteiger partial charge is 0.497 e. The standard InChI is InChI=1S/C18H23F3N2O5S/c1-23(2)17-22-11-12(24)13(25)14(28-16(11)29-17)15(18(19,20)21)27-8-9-4-6-10(26-3)7-5-9/h4-7,11-16,24-25H,8H2,1-3H3/t11-,12-,13+,14?,15-,16-/m1/s1. The van der Waals surface area contributed by atoms with Crippen LogP contribution in [0.2, 0.25) is 0 Å². The summed E-state index contributed by atoms with van der Waals surface area (Å²) in [5, 5.41) is 21.2. The third-order valence-corrected chi connectivity index (χ3v) is 5.98. The van der Waals surface area contributed by atoms with Gasteiger partial charge in [0.1, 0.15) is 35.5 Å². The van der Waals surface area contributed by atoms with E-state index >= 15 is 0 Å². The molecule has 0 aliphatic carbocycles. The van der Waals surface area contributed by atoms with Crippen molar-refractivity contribution in [1.29, 1.82) is 0 Å². The van der Waals surface area contributed by atoms with Crippen molar-refractivity contribution in [3.05, 3.63) is 29.8 Å². The average Bonchev–Trinajstić information content (AvgIpc) is 3.10. The van der Waals surface area contributed by atoms with Gasteiger partial charge in [-0.1, -0.05) is 23.9 Å². The van der Waals surface area contributed by atoms with Crippen molar-refractivity contribution in [1.82, 2.24) is 4.90 Å². The van der Waals surface area contributed by atoms with E-state index in [-0.39, 0.29) is 6.61 Å². The van der Waals surface area contributed by atoms with Crippen molar-refractivity contribution in [2.45, 2.75) is 48.7 Å². The normalized spacial score (nSPS) is 30.5. The summed E-state index contributed by atoms with van der Waals surface area (Å²) in [7, 11) is 4.93. The van der Waals surface area contributed by atoms with Gasteiger partial charge in [-0.05, 0) is 17.7 Å². The molecular weight excluding hydrogens is 413 g/mol. The van der Waals surface area contributed by atoms with E-state index in [1.54, 1.807) is 43.3 Å². The molecule has 1 aromatic rings. The first-order valence-electron chi connectivity index (χ1n) is 8.86. The fraction of sp³-hybridized carbons (Fsp3) is 0.611. The molecule has 7 nitrogen and oxygen atoms in total. The summed E-state index contributed by atoms with van der Waals surface area (Å²) in [4.78, 5) is 5.91. The van der Waals surface area contributed by atoms with Gasteiger partial charge >= 0.3 is 6.18 Å². The fourth-order valence-electron chi connectivity index (χ4n) is 3.12. The van der Waals surface area contributed by atoms with Crippen LogP contribution < -0.4 is 4.74 Å². The topological polar surface area (TPSA) is 83.8 Å². The first-order valence-corrected chi connectivity index (χ1v) is 9.74. The molecule has 1 fully saturated rings. The summed E-state index contributed by atoms with van der Waals surface area (Å²) in [6, 6.07) is 5.53. The zero-order valence-electron chi connectivity index (χ0n) is 16.0. The molecule has 2 aliphatic heterocycles. The molecule has 0 saturated carbocycles. The molecule has 0 amide bonds. The monoisotopic (exact) mass is 436 g/mol. The Hall–Kier alpha value is -1.53. The van der Waals surface area contributed by atoms with E-state index < -0.39 is 42.1 Å². The number of thioether (sulfide) groups is 1. The van der Waals surface area contributed by atoms with Crippen molar-refractivity contribution in [3.63, 3.8) is 0 Å². The number of hydrogen-bond donors (Lipinski definition) is 2. The maximum Gasteiger partial charge on any atom is 0.417 e. The highest BCUT2D eigenvalue weighted by Gasteiger charge is 2.57. The minimum Gasteiger partial charge on any atom is -0.497 e. The number of benzene rings is 1. The van der Waals surface area contributed by atoms with Crippen molar-refractivity contribution in [2.24, 2.45) is 4.99 Å². The summed E-state index contributed by atoms with van der Waals surface area (Å²) >= 11 is 1.10. The second-order valence-electron chi connectivity index (χ2n) is 6.99. The Morgan fingerprint density at radius 3 is 2.41 bits per heavy atom. The summed E-state index contributed by atoms with van der Waals surface area (Å²) in [6.07, 6.45) is -12.3. The van der Waals surface area contributed by atoms with Crippen LogP contribution in [0.3, 0.4) is 0 Å². The molecule has 29 heavy (non-hydrogen) atoms. The SMILES string of the molecule is COc1ccc(CO[C@H](C2O[C@@H]3SC(N(C)C)=N[C@@H]3[C@@H](O)[C@@H]2O)C(F)(F)F)cc1. The van der Waals surface area contributed by atoms with Crippen LogP contribution in [0.15, 0.2) is 29.3 Å². The average molecular weight is 436 g/mol. The molecule has 2 heterocycles. The Kier molecular flexibility index (Phi) is 6.64. The Balaban J connectivity index is 1.75. The molecule has 1 unspecified atom stereocenters. The Labute approximate surface area is 170 Å². The quantitative estimate of drug-likeness (QED) is 0.726. The highest BCUT2D eigenvalue weighted by atomic mass is 32.2. The third-order valence-electron chi connectivity index (χ3n) is 4.68. The van der Waals surface area contributed by atoms with Gasteiger partial charge in [0, 0.05) is 14.1 Å².